The minimum Gasteiger partial charge on any atom is -0.388 e. The van der Waals surface area contributed by atoms with Gasteiger partial charge in [-0.3, -0.25) is 0 Å². The van der Waals surface area contributed by atoms with Crippen molar-refractivity contribution in [3.8, 4) is 0 Å². The van der Waals surface area contributed by atoms with E-state index in [4.69, 9.17) is 56.8 Å². The third-order valence-electron chi connectivity index (χ3n) is 14.6. The van der Waals surface area contributed by atoms with Crippen molar-refractivity contribution in [3.05, 3.63) is 287 Å². The Labute approximate surface area is 493 Å². The van der Waals surface area contributed by atoms with Crippen molar-refractivity contribution in [2.45, 2.75) is 120 Å². The Balaban J connectivity index is 0.917. The van der Waals surface area contributed by atoms with Gasteiger partial charge in [-0.25, -0.2) is 0 Å². The molecule has 0 aliphatic carbocycles. The van der Waals surface area contributed by atoms with Gasteiger partial charge in [0.15, 0.2) is 12.6 Å². The van der Waals surface area contributed by atoms with E-state index in [2.05, 4.69) is 0 Å². The fraction of sp³-hybridized carbons (Fsp3) is 0.324. The number of ether oxygens (including phenoxy) is 12. The van der Waals surface area contributed by atoms with Crippen LogP contribution in [0.4, 0.5) is 0 Å². The molecule has 2 aliphatic rings. The number of benzene rings is 8. The third kappa shape index (κ3) is 18.6. The maximum atomic E-state index is 12.1. The van der Waals surface area contributed by atoms with Crippen molar-refractivity contribution in [1.29, 1.82) is 0 Å². The van der Waals surface area contributed by atoms with Crippen LogP contribution in [0, 0.1) is 0 Å². The standard InChI is InChI=1S/C71H76O13/c72-61(49-81-70-68(79-47-59-37-21-7-22-38-59)66(77-45-57-33-17-5-18-34-57)64(75-43-55-29-13-3-14-30-55)62(83-70)51-73-41-53-25-9-1-10-26-53)50-82-71-69(80-48-60-39-23-8-24-40-60)67(78-46-58-35-19-6-20-36-58)65(76-44-56-31-15-4-16-32-56)63(84-71)52-74-42-54-27-11-2-12-28-54/h1-40,61-72H,41-52H2/t62-,63-,64+,65+,66+,67+,68-,69-,70-,71-/m1/s1. The first-order valence-electron chi connectivity index (χ1n) is 29.0. The van der Waals surface area contributed by atoms with Crippen LogP contribution < -0.4 is 0 Å². The molecule has 2 heterocycles. The van der Waals surface area contributed by atoms with E-state index in [1.807, 2.05) is 243 Å². The summed E-state index contributed by atoms with van der Waals surface area (Å²) in [4.78, 5) is 0. The molecule has 13 heteroatoms. The van der Waals surface area contributed by atoms with Crippen LogP contribution in [0.25, 0.3) is 0 Å². The Bertz CT molecular complexity index is 2800. The van der Waals surface area contributed by atoms with Crippen LogP contribution in [0.5, 0.6) is 0 Å². The highest BCUT2D eigenvalue weighted by Gasteiger charge is 2.51. The van der Waals surface area contributed by atoms with E-state index in [0.29, 0.717) is 13.2 Å². The highest BCUT2D eigenvalue weighted by molar-refractivity contribution is 5.20. The smallest absolute Gasteiger partial charge is 0.187 e. The maximum Gasteiger partial charge on any atom is 0.187 e. The lowest BCUT2D eigenvalue weighted by atomic mass is 9.97. The molecule has 0 unspecified atom stereocenters. The van der Waals surface area contributed by atoms with Gasteiger partial charge in [0.25, 0.3) is 0 Å². The molecule has 10 atom stereocenters. The lowest BCUT2D eigenvalue weighted by Gasteiger charge is -2.46. The van der Waals surface area contributed by atoms with E-state index in [-0.39, 0.29) is 66.1 Å². The van der Waals surface area contributed by atoms with Crippen molar-refractivity contribution >= 4 is 0 Å². The van der Waals surface area contributed by atoms with E-state index in [1.54, 1.807) is 0 Å². The lowest BCUT2D eigenvalue weighted by Crippen LogP contribution is -2.62. The Kier molecular flexibility index (Phi) is 23.8. The summed E-state index contributed by atoms with van der Waals surface area (Å²) in [6.07, 6.45) is -9.27. The molecule has 13 nitrogen and oxygen atoms in total. The molecule has 0 bridgehead atoms. The summed E-state index contributed by atoms with van der Waals surface area (Å²) >= 11 is 0. The van der Waals surface area contributed by atoms with Gasteiger partial charge in [-0.05, 0) is 44.5 Å². The second-order valence-corrected chi connectivity index (χ2v) is 21.0. The van der Waals surface area contributed by atoms with Crippen molar-refractivity contribution in [2.75, 3.05) is 26.4 Å². The van der Waals surface area contributed by atoms with Crippen molar-refractivity contribution in [2.24, 2.45) is 0 Å². The van der Waals surface area contributed by atoms with E-state index < -0.39 is 67.5 Å². The summed E-state index contributed by atoms with van der Waals surface area (Å²) in [6, 6.07) is 79.7. The lowest BCUT2D eigenvalue weighted by molar-refractivity contribution is -0.338. The number of hydrogen-bond acceptors (Lipinski definition) is 13. The van der Waals surface area contributed by atoms with Gasteiger partial charge in [0.2, 0.25) is 0 Å². The van der Waals surface area contributed by atoms with Crippen LogP contribution >= 0.6 is 0 Å². The van der Waals surface area contributed by atoms with Gasteiger partial charge in [0, 0.05) is 0 Å². The second kappa shape index (κ2) is 33.1. The molecule has 0 saturated carbocycles. The first-order chi connectivity index (χ1) is 41.6. The molecule has 8 aromatic carbocycles. The Morgan fingerprint density at radius 3 is 0.726 bits per heavy atom. The fourth-order valence-electron chi connectivity index (χ4n) is 10.2. The van der Waals surface area contributed by atoms with Gasteiger partial charge in [-0.15, -0.1) is 0 Å². The fourth-order valence-corrected chi connectivity index (χ4v) is 10.2. The van der Waals surface area contributed by atoms with Crippen LogP contribution in [0.3, 0.4) is 0 Å². The normalized spacial score (nSPS) is 22.5. The van der Waals surface area contributed by atoms with E-state index in [1.165, 1.54) is 0 Å². The minimum atomic E-state index is -1.20. The Hall–Kier alpha value is -6.76. The zero-order chi connectivity index (χ0) is 57.2. The predicted molar refractivity (Wildman–Crippen MR) is 318 cm³/mol. The summed E-state index contributed by atoms with van der Waals surface area (Å²) in [5.74, 6) is 0. The van der Waals surface area contributed by atoms with Gasteiger partial charge in [0.05, 0.1) is 79.3 Å². The summed E-state index contributed by atoms with van der Waals surface area (Å²) in [6.45, 7) is 2.01. The molecule has 2 fully saturated rings. The van der Waals surface area contributed by atoms with Gasteiger partial charge < -0.3 is 61.9 Å². The van der Waals surface area contributed by atoms with Crippen molar-refractivity contribution < 1.29 is 61.9 Å². The highest BCUT2D eigenvalue weighted by Crippen LogP contribution is 2.34. The molecule has 0 aromatic heterocycles. The summed E-state index contributed by atoms with van der Waals surface area (Å²) < 4.78 is 81.6. The summed E-state index contributed by atoms with van der Waals surface area (Å²) in [5.41, 5.74) is 7.82. The Morgan fingerprint density at radius 1 is 0.262 bits per heavy atom. The minimum absolute atomic E-state index is 0.139. The van der Waals surface area contributed by atoms with Crippen LogP contribution in [0.2, 0.25) is 0 Å². The molecule has 0 spiro atoms. The quantitative estimate of drug-likeness (QED) is 0.0430. The monoisotopic (exact) mass is 1140 g/mol. The molecule has 438 valence electrons. The van der Waals surface area contributed by atoms with Gasteiger partial charge >= 0.3 is 0 Å². The Morgan fingerprint density at radius 2 is 0.476 bits per heavy atom. The maximum absolute atomic E-state index is 12.1. The summed E-state index contributed by atoms with van der Waals surface area (Å²) in [7, 11) is 0. The van der Waals surface area contributed by atoms with Gasteiger partial charge in [-0.2, -0.15) is 0 Å². The molecular weight excluding hydrogens is 1060 g/mol. The number of rotatable bonds is 32. The van der Waals surface area contributed by atoms with Gasteiger partial charge in [0.1, 0.15) is 54.9 Å². The molecule has 10 rings (SSSR count). The third-order valence-corrected chi connectivity index (χ3v) is 14.6. The number of aliphatic hydroxyl groups excluding tert-OH is 1. The molecule has 8 aromatic rings. The molecule has 0 amide bonds. The largest absolute Gasteiger partial charge is 0.388 e. The molecular formula is C71H76O13. The average Bonchev–Trinajstić information content (AvgIpc) is 2.58. The van der Waals surface area contributed by atoms with E-state index in [0.717, 1.165) is 44.5 Å². The number of aliphatic hydroxyl groups is 1. The topological polar surface area (TPSA) is 131 Å². The first-order valence-corrected chi connectivity index (χ1v) is 29.0. The van der Waals surface area contributed by atoms with Crippen molar-refractivity contribution in [3.63, 3.8) is 0 Å². The molecule has 1 N–H and O–H groups in total. The van der Waals surface area contributed by atoms with Crippen LogP contribution in [0.1, 0.15) is 44.5 Å². The second-order valence-electron chi connectivity index (χ2n) is 21.0. The van der Waals surface area contributed by atoms with Gasteiger partial charge in [-0.1, -0.05) is 243 Å². The molecule has 2 aliphatic heterocycles. The SMILES string of the molecule is OC(CO[C@@H]1O[C@H](COCc2ccccc2)[C@H](OCc2ccccc2)[C@H](OCc2ccccc2)[C@H]1OCc1ccccc1)CO[C@@H]1O[C@H](COCc2ccccc2)[C@H](OCc2ccccc2)[C@H](OCc2ccccc2)[C@H]1OCc1ccccc1. The summed E-state index contributed by atoms with van der Waals surface area (Å²) in [5, 5.41) is 12.1. The van der Waals surface area contributed by atoms with E-state index >= 15 is 0 Å². The molecule has 2 saturated heterocycles. The molecule has 0 radical (unpaired) electrons. The number of hydrogen-bond donors (Lipinski definition) is 1. The first kappa shape index (κ1) is 60.4. The van der Waals surface area contributed by atoms with Crippen LogP contribution in [-0.4, -0.2) is 99.0 Å². The average molecular weight is 1140 g/mol. The van der Waals surface area contributed by atoms with Crippen LogP contribution in [0.15, 0.2) is 243 Å². The highest BCUT2D eigenvalue weighted by atomic mass is 16.7. The zero-order valence-corrected chi connectivity index (χ0v) is 47.3. The molecule has 84 heavy (non-hydrogen) atoms. The predicted octanol–water partition coefficient (Wildman–Crippen LogP) is 11.8. The zero-order valence-electron chi connectivity index (χ0n) is 47.3. The van der Waals surface area contributed by atoms with Crippen molar-refractivity contribution in [1.82, 2.24) is 0 Å². The van der Waals surface area contributed by atoms with E-state index in [9.17, 15) is 5.11 Å². The van der Waals surface area contributed by atoms with Crippen LogP contribution in [-0.2, 0) is 110 Å².